The predicted octanol–water partition coefficient (Wildman–Crippen LogP) is -1.94. The van der Waals surface area contributed by atoms with Gasteiger partial charge < -0.3 is 31.8 Å². The fourth-order valence-corrected chi connectivity index (χ4v) is 2.12. The zero-order valence-electron chi connectivity index (χ0n) is 12.5. The molecule has 1 aromatic carbocycles. The summed E-state index contributed by atoms with van der Waals surface area (Å²) in [6.45, 7) is 3.00. The van der Waals surface area contributed by atoms with Crippen LogP contribution in [0.5, 0.6) is 11.5 Å². The zero-order chi connectivity index (χ0) is 14.2. The van der Waals surface area contributed by atoms with Crippen molar-refractivity contribution in [2.24, 2.45) is 0 Å². The van der Waals surface area contributed by atoms with E-state index in [0.29, 0.717) is 0 Å². The number of imidazole rings is 1. The van der Waals surface area contributed by atoms with Crippen LogP contribution < -0.4 is 27.2 Å². The van der Waals surface area contributed by atoms with Gasteiger partial charge in [-0.05, 0) is 12.1 Å². The lowest BCUT2D eigenvalue weighted by atomic mass is 10.2. The highest BCUT2D eigenvalue weighted by atomic mass is 35.5. The molecule has 2 rings (SSSR count). The molecule has 0 radical (unpaired) electrons. The molecule has 0 fully saturated rings. The zero-order valence-corrected chi connectivity index (χ0v) is 13.2. The van der Waals surface area contributed by atoms with Crippen molar-refractivity contribution in [2.75, 3.05) is 20.8 Å². The molecular weight excluding hydrogens is 290 g/mol. The molecule has 2 aromatic rings. The molecule has 1 aromatic heterocycles. The predicted molar refractivity (Wildman–Crippen MR) is 76.9 cm³/mol. The first-order valence-corrected chi connectivity index (χ1v) is 6.82. The van der Waals surface area contributed by atoms with E-state index in [2.05, 4.69) is 20.9 Å². The van der Waals surface area contributed by atoms with Crippen LogP contribution in [0.1, 0.15) is 12.0 Å². The van der Waals surface area contributed by atoms with Crippen LogP contribution in [0.4, 0.5) is 0 Å². The molecule has 0 aliphatic rings. The highest BCUT2D eigenvalue weighted by Crippen LogP contribution is 2.23. The van der Waals surface area contributed by atoms with Gasteiger partial charge >= 0.3 is 0 Å². The molecule has 0 saturated heterocycles. The van der Waals surface area contributed by atoms with Gasteiger partial charge in [0.25, 0.3) is 0 Å². The summed E-state index contributed by atoms with van der Waals surface area (Å²) in [6.07, 6.45) is 6.78. The fourth-order valence-electron chi connectivity index (χ4n) is 2.12. The standard InChI is InChI=1S/C15H21N3O2.ClH/c1-19-14-5-4-13(15(10-14)20-2)11-16-6-3-8-18-9-7-17-12-18;/h4-5,7,9-10,12,16H,3,6,8,11H2,1-2H3;1H. The Hall–Kier alpha value is -1.72. The smallest absolute Gasteiger partial charge is 0.131 e. The van der Waals surface area contributed by atoms with Crippen LogP contribution in [-0.4, -0.2) is 30.3 Å². The van der Waals surface area contributed by atoms with E-state index >= 15 is 0 Å². The molecule has 0 unspecified atom stereocenters. The van der Waals surface area contributed by atoms with Gasteiger partial charge in [0.05, 0.1) is 27.1 Å². The summed E-state index contributed by atoms with van der Waals surface area (Å²) in [5, 5.41) is 2.29. The third-order valence-corrected chi connectivity index (χ3v) is 3.24. The molecule has 6 heteroatoms. The van der Waals surface area contributed by atoms with Gasteiger partial charge in [-0.2, -0.15) is 0 Å². The lowest BCUT2D eigenvalue weighted by molar-refractivity contribution is -0.671. The SMILES string of the molecule is COc1ccc(C[NH2+]CCCn2ccnc2)c(OC)c1.[Cl-]. The third-order valence-electron chi connectivity index (χ3n) is 3.24. The highest BCUT2D eigenvalue weighted by molar-refractivity contribution is 5.40. The molecule has 0 aliphatic carbocycles. The van der Waals surface area contributed by atoms with Gasteiger partial charge in [0.2, 0.25) is 0 Å². The number of hydrogen-bond donors (Lipinski definition) is 1. The van der Waals surface area contributed by atoms with Gasteiger partial charge in [-0.25, -0.2) is 4.98 Å². The summed E-state index contributed by atoms with van der Waals surface area (Å²) >= 11 is 0. The average Bonchev–Trinajstić information content (AvgIpc) is 3.00. The Morgan fingerprint density at radius 2 is 2.10 bits per heavy atom. The van der Waals surface area contributed by atoms with Gasteiger partial charge in [0.15, 0.2) is 0 Å². The second-order valence-electron chi connectivity index (χ2n) is 4.61. The molecule has 0 atom stereocenters. The summed E-state index contributed by atoms with van der Waals surface area (Å²) in [4.78, 5) is 4.03. The molecule has 0 spiro atoms. The summed E-state index contributed by atoms with van der Waals surface area (Å²) < 4.78 is 12.7. The van der Waals surface area contributed by atoms with Crippen LogP contribution in [0.15, 0.2) is 36.9 Å². The summed E-state index contributed by atoms with van der Waals surface area (Å²) in [5.41, 5.74) is 1.19. The summed E-state index contributed by atoms with van der Waals surface area (Å²) in [5.74, 6) is 1.71. The van der Waals surface area contributed by atoms with Gasteiger partial charge in [-0.3, -0.25) is 0 Å². The Bertz CT molecular complexity index is 518. The van der Waals surface area contributed by atoms with Gasteiger partial charge in [-0.1, -0.05) is 0 Å². The second-order valence-corrected chi connectivity index (χ2v) is 4.61. The summed E-state index contributed by atoms with van der Waals surface area (Å²) in [6, 6.07) is 5.95. The van der Waals surface area contributed by atoms with Crippen LogP contribution in [0.25, 0.3) is 0 Å². The quantitative estimate of drug-likeness (QED) is 0.577. The highest BCUT2D eigenvalue weighted by Gasteiger charge is 2.06. The van der Waals surface area contributed by atoms with Gasteiger partial charge in [-0.15, -0.1) is 0 Å². The van der Waals surface area contributed by atoms with E-state index in [-0.39, 0.29) is 12.4 Å². The lowest BCUT2D eigenvalue weighted by Crippen LogP contribution is -3.00. The largest absolute Gasteiger partial charge is 1.00 e. The number of rotatable bonds is 8. The maximum atomic E-state index is 5.39. The van der Waals surface area contributed by atoms with Crippen LogP contribution in [0.3, 0.4) is 0 Å². The number of ether oxygens (including phenoxy) is 2. The normalized spacial score (nSPS) is 10.0. The molecule has 2 N–H and O–H groups in total. The number of benzene rings is 1. The van der Waals surface area contributed by atoms with E-state index in [1.54, 1.807) is 14.2 Å². The Kier molecular flexibility index (Phi) is 7.64. The minimum atomic E-state index is 0. The van der Waals surface area contributed by atoms with Crippen molar-refractivity contribution in [2.45, 2.75) is 19.5 Å². The van der Waals surface area contributed by atoms with Crippen molar-refractivity contribution in [1.82, 2.24) is 9.55 Å². The first kappa shape index (κ1) is 17.3. The lowest BCUT2D eigenvalue weighted by Gasteiger charge is -2.09. The van der Waals surface area contributed by atoms with Crippen molar-refractivity contribution in [1.29, 1.82) is 0 Å². The van der Waals surface area contributed by atoms with Crippen molar-refractivity contribution in [3.63, 3.8) is 0 Å². The molecule has 0 amide bonds. The van der Waals surface area contributed by atoms with E-state index in [1.165, 1.54) is 5.56 Å². The summed E-state index contributed by atoms with van der Waals surface area (Å²) in [7, 11) is 3.36. The number of hydrogen-bond acceptors (Lipinski definition) is 3. The maximum absolute atomic E-state index is 5.39. The minimum Gasteiger partial charge on any atom is -1.00 e. The average molecular weight is 312 g/mol. The Labute approximate surface area is 131 Å². The number of nitrogens with two attached hydrogens (primary N) is 1. The Balaban J connectivity index is 0.00000220. The first-order valence-electron chi connectivity index (χ1n) is 6.82. The monoisotopic (exact) mass is 311 g/mol. The van der Waals surface area contributed by atoms with Crippen LogP contribution in [-0.2, 0) is 13.1 Å². The first-order chi connectivity index (χ1) is 9.83. The molecule has 0 aliphatic heterocycles. The number of halogens is 1. The topological polar surface area (TPSA) is 52.9 Å². The molecule has 116 valence electrons. The molecule has 1 heterocycles. The molecule has 21 heavy (non-hydrogen) atoms. The van der Waals surface area contributed by atoms with Crippen LogP contribution >= 0.6 is 0 Å². The van der Waals surface area contributed by atoms with Gasteiger partial charge in [0, 0.05) is 37.0 Å². The number of quaternary nitrogens is 1. The van der Waals surface area contributed by atoms with Crippen molar-refractivity contribution < 1.29 is 27.2 Å². The Morgan fingerprint density at radius 3 is 2.76 bits per heavy atom. The van der Waals surface area contributed by atoms with Crippen molar-refractivity contribution in [3.8, 4) is 11.5 Å². The molecule has 0 saturated carbocycles. The van der Waals surface area contributed by atoms with E-state index < -0.39 is 0 Å². The number of nitrogens with zero attached hydrogens (tertiary/aromatic N) is 2. The van der Waals surface area contributed by atoms with E-state index in [0.717, 1.165) is 37.6 Å². The van der Waals surface area contributed by atoms with Crippen LogP contribution in [0.2, 0.25) is 0 Å². The fraction of sp³-hybridized carbons (Fsp3) is 0.400. The molecular formula is C15H22ClN3O2. The number of aryl methyl sites for hydroxylation is 1. The van der Waals surface area contributed by atoms with E-state index in [4.69, 9.17) is 9.47 Å². The van der Waals surface area contributed by atoms with E-state index in [9.17, 15) is 0 Å². The van der Waals surface area contributed by atoms with Crippen molar-refractivity contribution in [3.05, 3.63) is 42.5 Å². The third kappa shape index (κ3) is 5.28. The molecule has 0 bridgehead atoms. The van der Waals surface area contributed by atoms with Gasteiger partial charge in [0.1, 0.15) is 18.0 Å². The Morgan fingerprint density at radius 1 is 1.24 bits per heavy atom. The number of methoxy groups -OCH3 is 2. The van der Waals surface area contributed by atoms with E-state index in [1.807, 2.05) is 30.9 Å². The maximum Gasteiger partial charge on any atom is 0.131 e. The minimum absolute atomic E-state index is 0. The second kappa shape index (κ2) is 9.26. The van der Waals surface area contributed by atoms with Crippen molar-refractivity contribution >= 4 is 0 Å². The van der Waals surface area contributed by atoms with Crippen LogP contribution in [0, 0.1) is 0 Å². The number of aromatic nitrogens is 2. The molecule has 5 nitrogen and oxygen atoms in total.